The molecule has 1 heterocycles. The number of rotatable bonds is 3. The number of para-hydroxylation sites is 1. The highest BCUT2D eigenvalue weighted by Gasteiger charge is 2.29. The Hall–Kier alpha value is -1.75. The first-order chi connectivity index (χ1) is 8.63. The van der Waals surface area contributed by atoms with Gasteiger partial charge in [-0.1, -0.05) is 6.07 Å². The molecule has 1 fully saturated rings. The molecule has 0 saturated heterocycles. The summed E-state index contributed by atoms with van der Waals surface area (Å²) in [4.78, 5) is 6.40. The Labute approximate surface area is 105 Å². The van der Waals surface area contributed by atoms with Crippen molar-refractivity contribution in [2.75, 3.05) is 24.2 Å². The standard InChI is InChI=1S/C13H17N3O2/c1-16(7-8-5-9(17)6-8)13-15-12-10(14)3-2-4-11(12)18-13/h2-4,8-9,17H,5-7,14H2,1H3. The average Bonchev–Trinajstić information content (AvgIpc) is 2.72. The third-order valence-corrected chi connectivity index (χ3v) is 3.51. The monoisotopic (exact) mass is 247 g/mol. The van der Waals surface area contributed by atoms with Crippen LogP contribution in [-0.2, 0) is 0 Å². The first-order valence-electron chi connectivity index (χ1n) is 6.17. The van der Waals surface area contributed by atoms with Gasteiger partial charge in [0.15, 0.2) is 5.58 Å². The number of aromatic nitrogens is 1. The summed E-state index contributed by atoms with van der Waals surface area (Å²) >= 11 is 0. The molecule has 1 aliphatic carbocycles. The fourth-order valence-corrected chi connectivity index (χ4v) is 2.44. The van der Waals surface area contributed by atoms with Crippen LogP contribution in [0.3, 0.4) is 0 Å². The Morgan fingerprint density at radius 1 is 1.50 bits per heavy atom. The van der Waals surface area contributed by atoms with Gasteiger partial charge in [0, 0.05) is 13.6 Å². The molecular weight excluding hydrogens is 230 g/mol. The van der Waals surface area contributed by atoms with Crippen LogP contribution in [0, 0.1) is 5.92 Å². The van der Waals surface area contributed by atoms with Gasteiger partial charge >= 0.3 is 0 Å². The third-order valence-electron chi connectivity index (χ3n) is 3.51. The lowest BCUT2D eigenvalue weighted by atomic mass is 9.82. The van der Waals surface area contributed by atoms with E-state index in [1.807, 2.05) is 30.1 Å². The molecule has 1 aromatic carbocycles. The van der Waals surface area contributed by atoms with Crippen LogP contribution in [0.2, 0.25) is 0 Å². The minimum absolute atomic E-state index is 0.123. The number of anilines is 2. The summed E-state index contributed by atoms with van der Waals surface area (Å²) in [5, 5.41) is 9.28. The van der Waals surface area contributed by atoms with Gasteiger partial charge in [-0.05, 0) is 30.9 Å². The molecule has 5 nitrogen and oxygen atoms in total. The van der Waals surface area contributed by atoms with Gasteiger partial charge in [0.05, 0.1) is 11.8 Å². The molecule has 3 rings (SSSR count). The summed E-state index contributed by atoms with van der Waals surface area (Å²) in [6.07, 6.45) is 1.61. The fraction of sp³-hybridized carbons (Fsp3) is 0.462. The number of hydrogen-bond acceptors (Lipinski definition) is 5. The molecule has 18 heavy (non-hydrogen) atoms. The van der Waals surface area contributed by atoms with E-state index in [4.69, 9.17) is 10.2 Å². The number of oxazole rings is 1. The lowest BCUT2D eigenvalue weighted by Gasteiger charge is -2.33. The predicted molar refractivity (Wildman–Crippen MR) is 70.4 cm³/mol. The minimum Gasteiger partial charge on any atom is -0.423 e. The summed E-state index contributed by atoms with van der Waals surface area (Å²) in [6, 6.07) is 6.12. The van der Waals surface area contributed by atoms with Gasteiger partial charge in [0.2, 0.25) is 0 Å². The molecule has 0 radical (unpaired) electrons. The van der Waals surface area contributed by atoms with Gasteiger partial charge in [-0.15, -0.1) is 0 Å². The number of hydrogen-bond donors (Lipinski definition) is 2. The van der Waals surface area contributed by atoms with Crippen molar-refractivity contribution < 1.29 is 9.52 Å². The number of benzene rings is 1. The normalized spacial score (nSPS) is 23.0. The maximum atomic E-state index is 9.28. The zero-order valence-electron chi connectivity index (χ0n) is 10.3. The molecule has 3 N–H and O–H groups in total. The molecule has 0 amide bonds. The minimum atomic E-state index is -0.123. The van der Waals surface area contributed by atoms with Gasteiger partial charge < -0.3 is 20.2 Å². The topological polar surface area (TPSA) is 75.5 Å². The van der Waals surface area contributed by atoms with Gasteiger partial charge in [0.25, 0.3) is 6.01 Å². The van der Waals surface area contributed by atoms with Crippen LogP contribution < -0.4 is 10.6 Å². The lowest BCUT2D eigenvalue weighted by molar-refractivity contribution is 0.0461. The summed E-state index contributed by atoms with van der Waals surface area (Å²) in [5.74, 6) is 0.525. The Kier molecular flexibility index (Phi) is 2.63. The molecule has 96 valence electrons. The number of nitrogen functional groups attached to an aromatic ring is 1. The molecule has 0 aliphatic heterocycles. The van der Waals surface area contributed by atoms with Crippen molar-refractivity contribution in [1.29, 1.82) is 0 Å². The van der Waals surface area contributed by atoms with E-state index < -0.39 is 0 Å². The Balaban J connectivity index is 1.79. The van der Waals surface area contributed by atoms with E-state index in [2.05, 4.69) is 4.98 Å². The molecular formula is C13H17N3O2. The van der Waals surface area contributed by atoms with Crippen molar-refractivity contribution >= 4 is 22.8 Å². The van der Waals surface area contributed by atoms with E-state index in [1.165, 1.54) is 0 Å². The number of aliphatic hydroxyl groups excluding tert-OH is 1. The third kappa shape index (κ3) is 1.90. The van der Waals surface area contributed by atoms with Crippen molar-refractivity contribution in [1.82, 2.24) is 4.98 Å². The summed E-state index contributed by atoms with van der Waals surface area (Å²) in [5.41, 5.74) is 7.92. The zero-order chi connectivity index (χ0) is 12.7. The molecule has 1 aliphatic rings. The van der Waals surface area contributed by atoms with Crippen molar-refractivity contribution in [3.63, 3.8) is 0 Å². The zero-order valence-corrected chi connectivity index (χ0v) is 10.3. The highest BCUT2D eigenvalue weighted by molar-refractivity contribution is 5.86. The Bertz CT molecular complexity index is 560. The SMILES string of the molecule is CN(CC1CC(O)C1)c1nc2c(N)cccc2o1. The quantitative estimate of drug-likeness (QED) is 0.806. The number of aliphatic hydroxyl groups is 1. The molecule has 0 atom stereocenters. The van der Waals surface area contributed by atoms with Gasteiger partial charge in [-0.2, -0.15) is 4.98 Å². The molecule has 5 heteroatoms. The fourth-order valence-electron chi connectivity index (χ4n) is 2.44. The number of fused-ring (bicyclic) bond motifs is 1. The second-order valence-electron chi connectivity index (χ2n) is 5.06. The van der Waals surface area contributed by atoms with Crippen LogP contribution in [0.25, 0.3) is 11.1 Å². The van der Waals surface area contributed by atoms with Crippen LogP contribution in [0.1, 0.15) is 12.8 Å². The smallest absolute Gasteiger partial charge is 0.298 e. The predicted octanol–water partition coefficient (Wildman–Crippen LogP) is 1.62. The van der Waals surface area contributed by atoms with Crippen LogP contribution in [-0.4, -0.2) is 29.8 Å². The van der Waals surface area contributed by atoms with Crippen molar-refractivity contribution in [3.8, 4) is 0 Å². The summed E-state index contributed by atoms with van der Waals surface area (Å²) < 4.78 is 5.68. The molecule has 0 bridgehead atoms. The summed E-state index contributed by atoms with van der Waals surface area (Å²) in [7, 11) is 1.95. The number of nitrogens with zero attached hydrogens (tertiary/aromatic N) is 2. The highest BCUT2D eigenvalue weighted by atomic mass is 16.4. The largest absolute Gasteiger partial charge is 0.423 e. The molecule has 2 aromatic rings. The van der Waals surface area contributed by atoms with Crippen molar-refractivity contribution in [2.24, 2.45) is 5.92 Å². The maximum absolute atomic E-state index is 9.28. The summed E-state index contributed by atoms with van der Waals surface area (Å²) in [6.45, 7) is 0.851. The first-order valence-corrected chi connectivity index (χ1v) is 6.17. The molecule has 0 spiro atoms. The van der Waals surface area contributed by atoms with Crippen LogP contribution in [0.4, 0.5) is 11.7 Å². The van der Waals surface area contributed by atoms with Crippen LogP contribution >= 0.6 is 0 Å². The van der Waals surface area contributed by atoms with E-state index in [1.54, 1.807) is 0 Å². The van der Waals surface area contributed by atoms with Crippen LogP contribution in [0.5, 0.6) is 0 Å². The van der Waals surface area contributed by atoms with Gasteiger partial charge in [0.1, 0.15) is 5.52 Å². The van der Waals surface area contributed by atoms with E-state index in [9.17, 15) is 5.11 Å². The van der Waals surface area contributed by atoms with Crippen molar-refractivity contribution in [3.05, 3.63) is 18.2 Å². The van der Waals surface area contributed by atoms with E-state index in [-0.39, 0.29) is 6.10 Å². The molecule has 0 unspecified atom stereocenters. The van der Waals surface area contributed by atoms with Gasteiger partial charge in [-0.25, -0.2) is 0 Å². The van der Waals surface area contributed by atoms with Crippen LogP contribution in [0.15, 0.2) is 22.6 Å². The van der Waals surface area contributed by atoms with Gasteiger partial charge in [-0.3, -0.25) is 0 Å². The second kappa shape index (κ2) is 4.17. The van der Waals surface area contributed by atoms with E-state index in [0.717, 1.165) is 19.4 Å². The van der Waals surface area contributed by atoms with E-state index >= 15 is 0 Å². The van der Waals surface area contributed by atoms with E-state index in [0.29, 0.717) is 28.7 Å². The Morgan fingerprint density at radius 3 is 2.94 bits per heavy atom. The number of nitrogens with two attached hydrogens (primary N) is 1. The first kappa shape index (κ1) is 11.3. The second-order valence-corrected chi connectivity index (χ2v) is 5.06. The Morgan fingerprint density at radius 2 is 2.28 bits per heavy atom. The highest BCUT2D eigenvalue weighted by Crippen LogP contribution is 2.30. The van der Waals surface area contributed by atoms with Crippen molar-refractivity contribution in [2.45, 2.75) is 18.9 Å². The lowest BCUT2D eigenvalue weighted by Crippen LogP contribution is -2.37. The molecule has 1 aromatic heterocycles. The maximum Gasteiger partial charge on any atom is 0.298 e. The molecule has 1 saturated carbocycles. The average molecular weight is 247 g/mol.